The van der Waals surface area contributed by atoms with Gasteiger partial charge in [-0.05, 0) is 25.2 Å². The molecule has 0 aromatic carbocycles. The van der Waals surface area contributed by atoms with E-state index in [1.165, 1.54) is 6.42 Å². The van der Waals surface area contributed by atoms with Crippen molar-refractivity contribution in [2.75, 3.05) is 13.1 Å². The molecule has 5 heteroatoms. The first-order chi connectivity index (χ1) is 8.63. The number of nitrogens with two attached hydrogens (primary N) is 1. The summed E-state index contributed by atoms with van der Waals surface area (Å²) in [6.45, 7) is 5.77. The number of rotatable bonds is 5. The molecule has 18 heavy (non-hydrogen) atoms. The smallest absolute Gasteiger partial charge is 0.233 e. The molecule has 5 nitrogen and oxygen atoms in total. The summed E-state index contributed by atoms with van der Waals surface area (Å²) in [5.41, 5.74) is 5.63. The highest BCUT2D eigenvalue weighted by atomic mass is 16.4. The Hall–Kier alpha value is -1.26. The number of carbonyl (C=O) groups is 1. The van der Waals surface area contributed by atoms with Gasteiger partial charge in [0.15, 0.2) is 5.84 Å². The number of amidine groups is 1. The Morgan fingerprint density at radius 2 is 2.28 bits per heavy atom. The molecule has 104 valence electrons. The highest BCUT2D eigenvalue weighted by molar-refractivity contribution is 6.02. The van der Waals surface area contributed by atoms with Crippen molar-refractivity contribution in [1.29, 1.82) is 0 Å². The van der Waals surface area contributed by atoms with Crippen LogP contribution >= 0.6 is 0 Å². The Kier molecular flexibility index (Phi) is 5.95. The van der Waals surface area contributed by atoms with E-state index in [2.05, 4.69) is 12.1 Å². The van der Waals surface area contributed by atoms with Crippen molar-refractivity contribution < 1.29 is 10.0 Å². The summed E-state index contributed by atoms with van der Waals surface area (Å²) in [5, 5.41) is 11.8. The van der Waals surface area contributed by atoms with Crippen LogP contribution in [0.1, 0.15) is 46.0 Å². The second-order valence-electron chi connectivity index (χ2n) is 5.07. The summed E-state index contributed by atoms with van der Waals surface area (Å²) < 4.78 is 0. The normalized spacial score (nSPS) is 22.9. The molecule has 1 heterocycles. The van der Waals surface area contributed by atoms with Crippen LogP contribution in [0, 0.1) is 11.8 Å². The van der Waals surface area contributed by atoms with Crippen molar-refractivity contribution >= 4 is 11.7 Å². The van der Waals surface area contributed by atoms with E-state index in [1.54, 1.807) is 0 Å². The van der Waals surface area contributed by atoms with Crippen LogP contribution in [0.2, 0.25) is 0 Å². The van der Waals surface area contributed by atoms with Gasteiger partial charge in [0.2, 0.25) is 5.91 Å². The first-order valence-corrected chi connectivity index (χ1v) is 6.90. The number of carbonyl (C=O) groups excluding carboxylic acids is 1. The summed E-state index contributed by atoms with van der Waals surface area (Å²) in [5.74, 6) is 0.193. The number of hydrogen-bond acceptors (Lipinski definition) is 3. The molecule has 1 amide bonds. The van der Waals surface area contributed by atoms with Crippen molar-refractivity contribution in [3.63, 3.8) is 0 Å². The van der Waals surface area contributed by atoms with Crippen LogP contribution in [-0.4, -0.2) is 34.9 Å². The highest BCUT2D eigenvalue weighted by Crippen LogP contribution is 2.22. The van der Waals surface area contributed by atoms with Crippen LogP contribution in [0.15, 0.2) is 5.16 Å². The SMILES string of the molecule is CCCC(C(=O)N1CCCC(CC)C1)C(N)=NO. The van der Waals surface area contributed by atoms with E-state index in [0.717, 1.165) is 32.4 Å². The Labute approximate surface area is 109 Å². The lowest BCUT2D eigenvalue weighted by Crippen LogP contribution is -2.46. The number of piperidine rings is 1. The fraction of sp³-hybridized carbons (Fsp3) is 0.846. The van der Waals surface area contributed by atoms with Gasteiger partial charge < -0.3 is 15.8 Å². The molecule has 2 atom stereocenters. The molecule has 1 saturated heterocycles. The maximum absolute atomic E-state index is 12.4. The second kappa shape index (κ2) is 7.24. The minimum Gasteiger partial charge on any atom is -0.409 e. The monoisotopic (exact) mass is 255 g/mol. The fourth-order valence-electron chi connectivity index (χ4n) is 2.58. The third kappa shape index (κ3) is 3.62. The molecule has 0 radical (unpaired) electrons. The van der Waals surface area contributed by atoms with Crippen LogP contribution < -0.4 is 5.73 Å². The summed E-state index contributed by atoms with van der Waals surface area (Å²) in [6, 6.07) is 0. The summed E-state index contributed by atoms with van der Waals surface area (Å²) in [4.78, 5) is 14.3. The molecule has 1 rings (SSSR count). The molecule has 3 N–H and O–H groups in total. The molecule has 1 aliphatic heterocycles. The van der Waals surface area contributed by atoms with E-state index in [9.17, 15) is 4.79 Å². The maximum atomic E-state index is 12.4. The summed E-state index contributed by atoms with van der Waals surface area (Å²) in [6.07, 6.45) is 4.84. The van der Waals surface area contributed by atoms with Gasteiger partial charge in [-0.25, -0.2) is 0 Å². The van der Waals surface area contributed by atoms with Crippen molar-refractivity contribution in [3.8, 4) is 0 Å². The molecule has 0 aromatic heterocycles. The Balaban J connectivity index is 2.70. The predicted octanol–water partition coefficient (Wildman–Crippen LogP) is 1.80. The van der Waals surface area contributed by atoms with Gasteiger partial charge in [-0.3, -0.25) is 4.79 Å². The van der Waals surface area contributed by atoms with Gasteiger partial charge in [0.25, 0.3) is 0 Å². The van der Waals surface area contributed by atoms with E-state index >= 15 is 0 Å². The van der Waals surface area contributed by atoms with Crippen LogP contribution in [0.5, 0.6) is 0 Å². The highest BCUT2D eigenvalue weighted by Gasteiger charge is 2.30. The van der Waals surface area contributed by atoms with E-state index in [4.69, 9.17) is 10.9 Å². The van der Waals surface area contributed by atoms with Crippen LogP contribution in [0.3, 0.4) is 0 Å². The topological polar surface area (TPSA) is 78.9 Å². The van der Waals surface area contributed by atoms with Gasteiger partial charge in [-0.1, -0.05) is 31.8 Å². The zero-order valence-corrected chi connectivity index (χ0v) is 11.4. The molecule has 0 bridgehead atoms. The molecule has 0 aromatic rings. The van der Waals surface area contributed by atoms with Gasteiger partial charge in [0.1, 0.15) is 0 Å². The molecular weight excluding hydrogens is 230 g/mol. The van der Waals surface area contributed by atoms with E-state index in [1.807, 2.05) is 11.8 Å². The maximum Gasteiger partial charge on any atom is 0.233 e. The summed E-state index contributed by atoms with van der Waals surface area (Å²) in [7, 11) is 0. The fourth-order valence-corrected chi connectivity index (χ4v) is 2.58. The molecule has 0 spiro atoms. The summed E-state index contributed by atoms with van der Waals surface area (Å²) >= 11 is 0. The quantitative estimate of drug-likeness (QED) is 0.340. The van der Waals surface area contributed by atoms with Gasteiger partial charge in [-0.15, -0.1) is 0 Å². The lowest BCUT2D eigenvalue weighted by molar-refractivity contribution is -0.135. The number of nitrogens with zero attached hydrogens (tertiary/aromatic N) is 2. The molecule has 2 unspecified atom stereocenters. The van der Waals surface area contributed by atoms with Crippen molar-refractivity contribution in [2.45, 2.75) is 46.0 Å². The predicted molar refractivity (Wildman–Crippen MR) is 71.4 cm³/mol. The molecule has 1 fully saturated rings. The third-order valence-electron chi connectivity index (χ3n) is 3.76. The zero-order chi connectivity index (χ0) is 13.5. The lowest BCUT2D eigenvalue weighted by atomic mass is 9.93. The van der Waals surface area contributed by atoms with E-state index < -0.39 is 5.92 Å². The molecule has 1 aliphatic rings. The molecular formula is C13H25N3O2. The Bertz CT molecular complexity index is 305. The average Bonchev–Trinajstić information content (AvgIpc) is 2.43. The van der Waals surface area contributed by atoms with Gasteiger partial charge >= 0.3 is 0 Å². The van der Waals surface area contributed by atoms with Gasteiger partial charge in [0.05, 0.1) is 5.92 Å². The minimum atomic E-state index is -0.462. The van der Waals surface area contributed by atoms with Crippen molar-refractivity contribution in [1.82, 2.24) is 4.90 Å². The molecule has 0 saturated carbocycles. The van der Waals surface area contributed by atoms with Crippen LogP contribution in [0.25, 0.3) is 0 Å². The van der Waals surface area contributed by atoms with Gasteiger partial charge in [0, 0.05) is 13.1 Å². The van der Waals surface area contributed by atoms with E-state index in [0.29, 0.717) is 12.3 Å². The third-order valence-corrected chi connectivity index (χ3v) is 3.76. The number of oxime groups is 1. The Morgan fingerprint density at radius 1 is 1.56 bits per heavy atom. The van der Waals surface area contributed by atoms with Crippen molar-refractivity contribution in [2.24, 2.45) is 22.7 Å². The van der Waals surface area contributed by atoms with E-state index in [-0.39, 0.29) is 11.7 Å². The van der Waals surface area contributed by atoms with Crippen molar-refractivity contribution in [3.05, 3.63) is 0 Å². The van der Waals surface area contributed by atoms with Gasteiger partial charge in [-0.2, -0.15) is 0 Å². The number of likely N-dealkylation sites (tertiary alicyclic amines) is 1. The Morgan fingerprint density at radius 3 is 2.83 bits per heavy atom. The largest absolute Gasteiger partial charge is 0.409 e. The van der Waals surface area contributed by atoms with Crippen LogP contribution in [-0.2, 0) is 4.79 Å². The molecule has 0 aliphatic carbocycles. The second-order valence-corrected chi connectivity index (χ2v) is 5.07. The minimum absolute atomic E-state index is 0.0188. The lowest BCUT2D eigenvalue weighted by Gasteiger charge is -2.34. The average molecular weight is 255 g/mol. The zero-order valence-electron chi connectivity index (χ0n) is 11.4. The number of amides is 1. The number of hydrogen-bond donors (Lipinski definition) is 2. The first-order valence-electron chi connectivity index (χ1n) is 6.90. The first kappa shape index (κ1) is 14.8. The standard InChI is InChI=1S/C13H25N3O2/c1-3-6-11(12(14)15-18)13(17)16-8-5-7-10(4-2)9-16/h10-11,18H,3-9H2,1-2H3,(H2,14,15). The van der Waals surface area contributed by atoms with Crippen LogP contribution in [0.4, 0.5) is 0 Å².